The van der Waals surface area contributed by atoms with Crippen LogP contribution < -0.4 is 0 Å². The molecule has 0 N–H and O–H groups in total. The van der Waals surface area contributed by atoms with Crippen molar-refractivity contribution in [2.75, 3.05) is 0 Å². The first kappa shape index (κ1) is 55.1. The zero-order valence-corrected chi connectivity index (χ0v) is 52.0. The minimum atomic E-state index is -4.90. The van der Waals surface area contributed by atoms with E-state index in [4.69, 9.17) is 0 Å². The van der Waals surface area contributed by atoms with Crippen LogP contribution in [0.4, 0.5) is 13.2 Å². The Kier molecular flexibility index (Phi) is 11.6. The number of aromatic nitrogens is 6. The number of hydrogen-bond donors (Lipinski definition) is 0. The number of fused-ring (bicyclic) bond motifs is 18. The zero-order chi connectivity index (χ0) is 65.2. The highest BCUT2D eigenvalue weighted by Crippen LogP contribution is 2.47. The van der Waals surface area contributed by atoms with Gasteiger partial charge in [0, 0.05) is 92.9 Å². The number of para-hydroxylation sites is 8. The van der Waals surface area contributed by atoms with Crippen LogP contribution in [0.15, 0.2) is 297 Å². The Morgan fingerprint density at radius 3 is 0.745 bits per heavy atom. The predicted molar refractivity (Wildman–Crippen MR) is 392 cm³/mol. The summed E-state index contributed by atoms with van der Waals surface area (Å²) in [7, 11) is 0. The van der Waals surface area contributed by atoms with E-state index >= 15 is 13.2 Å². The Balaban J connectivity index is 0.963. The van der Waals surface area contributed by atoms with Crippen LogP contribution in [0.5, 0.6) is 0 Å². The third kappa shape index (κ3) is 7.75. The highest BCUT2D eigenvalue weighted by atomic mass is 19.4. The summed E-state index contributed by atoms with van der Waals surface area (Å²) >= 11 is 0. The number of nitrogens with zero attached hydrogens (tertiary/aromatic N) is 8. The molecule has 0 amide bonds. The second kappa shape index (κ2) is 20.6. The molecule has 0 unspecified atom stereocenters. The quantitative estimate of drug-likeness (QED) is 0.159. The maximum atomic E-state index is 16.2. The molecule has 0 bridgehead atoms. The van der Waals surface area contributed by atoms with Gasteiger partial charge in [-0.2, -0.15) is 23.7 Å². The molecule has 0 saturated heterocycles. The van der Waals surface area contributed by atoms with Crippen molar-refractivity contribution in [3.63, 3.8) is 0 Å². The number of hydrogen-bond acceptors (Lipinski definition) is 2. The van der Waals surface area contributed by atoms with Crippen LogP contribution >= 0.6 is 0 Å². The first-order chi connectivity index (χ1) is 48.2. The molecule has 6 heterocycles. The van der Waals surface area contributed by atoms with E-state index in [9.17, 15) is 10.5 Å². The molecule has 0 aliphatic carbocycles. The first-order valence-electron chi connectivity index (χ1n) is 32.5. The Morgan fingerprint density at radius 2 is 0.500 bits per heavy atom. The van der Waals surface area contributed by atoms with Crippen LogP contribution in [-0.4, -0.2) is 27.4 Å². The number of rotatable bonds is 7. The largest absolute Gasteiger partial charge is 0.417 e. The lowest BCUT2D eigenvalue weighted by atomic mass is 9.92. The van der Waals surface area contributed by atoms with E-state index in [0.717, 1.165) is 138 Å². The van der Waals surface area contributed by atoms with Gasteiger partial charge in [-0.05, 0) is 127 Å². The van der Waals surface area contributed by atoms with Gasteiger partial charge < -0.3 is 27.4 Å². The molecule has 11 heteroatoms. The van der Waals surface area contributed by atoms with Crippen molar-refractivity contribution in [3.05, 3.63) is 314 Å². The van der Waals surface area contributed by atoms with E-state index in [0.29, 0.717) is 33.4 Å². The van der Waals surface area contributed by atoms with Gasteiger partial charge in [0.25, 0.3) is 0 Å². The molecule has 14 aromatic carbocycles. The average molecular weight is 1260 g/mol. The number of alkyl halides is 3. The molecule has 20 aromatic rings. The van der Waals surface area contributed by atoms with Gasteiger partial charge >= 0.3 is 6.18 Å². The second-order valence-electron chi connectivity index (χ2n) is 25.3. The van der Waals surface area contributed by atoms with Crippen molar-refractivity contribution in [2.45, 2.75) is 6.18 Å². The number of benzene rings is 14. The van der Waals surface area contributed by atoms with E-state index in [1.165, 1.54) is 12.1 Å². The standard InChI is InChI=1S/C87H49F3N8/c88-87(89,90)71-27-17-18-52(50-91)86(71)53-44-80(97-82-46-54(93-72-28-9-1-19-58(72)59-20-2-10-29-73(59)93)36-40-66(82)67-41-37-55(47-83(67)97)94-74-30-11-3-21-60(74)61-22-4-12-31-75(61)94)70(51-92)81(45-53)98-84-48-56(95-76-32-13-5-23-62(76)63-24-6-14-33-77(63)95)38-42-68(84)69-43-39-57(49-85(69)98)96-78-34-15-7-25-64(78)65-26-8-16-35-79(65)96/h1-49H. The Morgan fingerprint density at radius 1 is 0.245 bits per heavy atom. The van der Waals surface area contributed by atoms with Crippen LogP contribution in [0, 0.1) is 22.7 Å². The first-order valence-corrected chi connectivity index (χ1v) is 32.5. The Labute approximate surface area is 556 Å². The molecule has 0 saturated carbocycles. The Hall–Kier alpha value is -13.4. The summed E-state index contributed by atoms with van der Waals surface area (Å²) in [5, 5.41) is 35.8. The minimum absolute atomic E-state index is 0.0951. The lowest BCUT2D eigenvalue weighted by Crippen LogP contribution is -2.10. The minimum Gasteiger partial charge on any atom is -0.309 e. The molecule has 458 valence electrons. The summed E-state index contributed by atoms with van der Waals surface area (Å²) in [6.07, 6.45) is -4.90. The molecule has 0 radical (unpaired) electrons. The second-order valence-corrected chi connectivity index (χ2v) is 25.3. The van der Waals surface area contributed by atoms with Crippen LogP contribution in [0.2, 0.25) is 0 Å². The van der Waals surface area contributed by atoms with E-state index < -0.39 is 11.7 Å². The molecule has 98 heavy (non-hydrogen) atoms. The third-order valence-corrected chi connectivity index (χ3v) is 20.3. The van der Waals surface area contributed by atoms with E-state index in [2.05, 4.69) is 209 Å². The van der Waals surface area contributed by atoms with E-state index in [1.807, 2.05) is 97.1 Å². The lowest BCUT2D eigenvalue weighted by Gasteiger charge is -2.21. The van der Waals surface area contributed by atoms with Crippen molar-refractivity contribution >= 4 is 131 Å². The van der Waals surface area contributed by atoms with Gasteiger partial charge in [0.2, 0.25) is 0 Å². The van der Waals surface area contributed by atoms with Crippen molar-refractivity contribution < 1.29 is 13.2 Å². The molecule has 8 nitrogen and oxygen atoms in total. The summed E-state index contributed by atoms with van der Waals surface area (Å²) < 4.78 is 61.8. The summed E-state index contributed by atoms with van der Waals surface area (Å²) in [6, 6.07) is 104. The third-order valence-electron chi connectivity index (χ3n) is 20.3. The Bertz CT molecular complexity index is 6040. The van der Waals surface area contributed by atoms with E-state index in [-0.39, 0.29) is 22.3 Å². The SMILES string of the molecule is N#Cc1cccc(C(F)(F)F)c1-c1cc(-n2c3cc(-n4c5ccccc5c5ccccc54)ccc3c3ccc(-n4c5ccccc5c5ccccc54)cc32)c(C#N)c(-n2c3cc(-n4c5ccccc5c5ccccc54)ccc3c3ccc(-n4c5ccccc5c5ccccc54)cc32)c1. The summed E-state index contributed by atoms with van der Waals surface area (Å²) in [5.74, 6) is 0. The van der Waals surface area contributed by atoms with Gasteiger partial charge in [-0.3, -0.25) is 0 Å². The van der Waals surface area contributed by atoms with E-state index in [1.54, 1.807) is 12.1 Å². The monoisotopic (exact) mass is 1260 g/mol. The molecule has 0 fully saturated rings. The van der Waals surface area contributed by atoms with Crippen LogP contribution in [0.3, 0.4) is 0 Å². The molecule has 0 atom stereocenters. The maximum absolute atomic E-state index is 16.2. The van der Waals surface area contributed by atoms with Gasteiger partial charge in [0.05, 0.1) is 94.8 Å². The summed E-state index contributed by atoms with van der Waals surface area (Å²) in [4.78, 5) is 0. The topological polar surface area (TPSA) is 77.2 Å². The number of halogens is 3. The summed E-state index contributed by atoms with van der Waals surface area (Å²) in [6.45, 7) is 0. The summed E-state index contributed by atoms with van der Waals surface area (Å²) in [5.41, 5.74) is 13.5. The molecular formula is C87H49F3N8. The lowest BCUT2D eigenvalue weighted by molar-refractivity contribution is -0.137. The van der Waals surface area contributed by atoms with Gasteiger partial charge in [0.15, 0.2) is 0 Å². The smallest absolute Gasteiger partial charge is 0.309 e. The molecule has 0 aliphatic heterocycles. The van der Waals surface area contributed by atoms with Crippen LogP contribution in [-0.2, 0) is 6.18 Å². The van der Waals surface area contributed by atoms with Crippen LogP contribution in [0.25, 0.3) is 176 Å². The molecule has 20 rings (SSSR count). The van der Waals surface area contributed by atoms with Crippen molar-refractivity contribution in [3.8, 4) is 57.4 Å². The van der Waals surface area contributed by atoms with Crippen LogP contribution in [0.1, 0.15) is 16.7 Å². The van der Waals surface area contributed by atoms with Gasteiger partial charge in [0.1, 0.15) is 11.6 Å². The fraction of sp³-hybridized carbons (Fsp3) is 0.0115. The molecule has 0 spiro atoms. The molecule has 0 aliphatic rings. The van der Waals surface area contributed by atoms with Crippen molar-refractivity contribution in [1.29, 1.82) is 10.5 Å². The maximum Gasteiger partial charge on any atom is 0.417 e. The van der Waals surface area contributed by atoms with Gasteiger partial charge in [-0.1, -0.05) is 176 Å². The van der Waals surface area contributed by atoms with Gasteiger partial charge in [-0.15, -0.1) is 0 Å². The highest BCUT2D eigenvalue weighted by molar-refractivity contribution is 6.17. The normalized spacial score (nSPS) is 12.2. The molecule has 6 aromatic heterocycles. The fourth-order valence-corrected chi connectivity index (χ4v) is 16.3. The zero-order valence-electron chi connectivity index (χ0n) is 52.0. The predicted octanol–water partition coefficient (Wildman–Crippen LogP) is 22.7. The van der Waals surface area contributed by atoms with Crippen molar-refractivity contribution in [2.24, 2.45) is 0 Å². The average Bonchev–Trinajstić information content (AvgIpc) is 1.66. The van der Waals surface area contributed by atoms with Crippen molar-refractivity contribution in [1.82, 2.24) is 27.4 Å². The highest BCUT2D eigenvalue weighted by Gasteiger charge is 2.36. The number of nitriles is 2. The fourth-order valence-electron chi connectivity index (χ4n) is 16.3. The molecular weight excluding hydrogens is 1210 g/mol. The van der Waals surface area contributed by atoms with Gasteiger partial charge in [-0.25, -0.2) is 0 Å².